The number of benzene rings is 1. The Labute approximate surface area is 165 Å². The Balaban J connectivity index is 0.00000261. The molecule has 1 aliphatic rings. The van der Waals surface area contributed by atoms with Crippen molar-refractivity contribution in [3.63, 3.8) is 0 Å². The van der Waals surface area contributed by atoms with E-state index in [-0.39, 0.29) is 24.7 Å². The number of nitrogens with zero attached hydrogens (tertiary/aromatic N) is 3. The van der Waals surface area contributed by atoms with Gasteiger partial charge in [0.2, 0.25) is 11.9 Å². The maximum absolute atomic E-state index is 12.5. The summed E-state index contributed by atoms with van der Waals surface area (Å²) < 4.78 is 12.2. The molecule has 2 aromatic rings. The quantitative estimate of drug-likeness (QED) is 0.776. The van der Waals surface area contributed by atoms with E-state index in [4.69, 9.17) is 9.47 Å². The minimum atomic E-state index is -0.177. The molecule has 0 aliphatic carbocycles. The van der Waals surface area contributed by atoms with Crippen LogP contribution in [0.4, 0.5) is 5.95 Å². The Bertz CT molecular complexity index is 774. The number of hydrogen-bond acceptors (Lipinski definition) is 6. The second kappa shape index (κ2) is 9.57. The van der Waals surface area contributed by atoms with Crippen LogP contribution in [0.2, 0.25) is 0 Å². The Hall–Kier alpha value is -2.32. The number of ether oxygens (including phenoxy) is 2. The molecule has 9 heteroatoms. The Morgan fingerprint density at radius 2 is 2.04 bits per heavy atom. The second-order valence-corrected chi connectivity index (χ2v) is 6.34. The molecule has 27 heavy (non-hydrogen) atoms. The molecular weight excluding hydrogens is 370 g/mol. The van der Waals surface area contributed by atoms with Crippen LogP contribution in [-0.4, -0.2) is 48.0 Å². The van der Waals surface area contributed by atoms with Crippen molar-refractivity contribution in [2.75, 3.05) is 32.6 Å². The fourth-order valence-electron chi connectivity index (χ4n) is 3.13. The van der Waals surface area contributed by atoms with E-state index in [2.05, 4.69) is 20.7 Å². The van der Waals surface area contributed by atoms with Crippen LogP contribution < -0.4 is 20.1 Å². The van der Waals surface area contributed by atoms with Crippen molar-refractivity contribution in [2.24, 2.45) is 7.05 Å². The second-order valence-electron chi connectivity index (χ2n) is 6.34. The van der Waals surface area contributed by atoms with Crippen molar-refractivity contribution < 1.29 is 14.3 Å². The number of nitrogens with one attached hydrogen (secondary N) is 2. The molecule has 0 atom stereocenters. The fraction of sp³-hybridized carbons (Fsp3) is 0.500. The average molecular weight is 396 g/mol. The number of carbonyl (C=O) groups excluding carboxylic acids is 1. The molecule has 0 radical (unpaired) electrons. The van der Waals surface area contributed by atoms with Crippen molar-refractivity contribution >= 4 is 24.3 Å². The summed E-state index contributed by atoms with van der Waals surface area (Å²) in [4.78, 5) is 17.0. The van der Waals surface area contributed by atoms with Gasteiger partial charge in [0.1, 0.15) is 11.5 Å². The minimum Gasteiger partial charge on any atom is -0.497 e. The van der Waals surface area contributed by atoms with Gasteiger partial charge in [-0.25, -0.2) is 4.68 Å². The molecule has 2 heterocycles. The maximum Gasteiger partial charge on any atom is 0.231 e. The van der Waals surface area contributed by atoms with E-state index >= 15 is 0 Å². The van der Waals surface area contributed by atoms with E-state index in [9.17, 15) is 4.79 Å². The zero-order valence-corrected chi connectivity index (χ0v) is 16.6. The summed E-state index contributed by atoms with van der Waals surface area (Å²) in [5, 5.41) is 10.7. The van der Waals surface area contributed by atoms with Crippen LogP contribution in [0.25, 0.3) is 0 Å². The standard InChI is InChI=1S/C18H25N5O3.ClH/c1-23-18(21-17(22-23)12-6-8-19-9-7-12)20-16(24)11-13-10-14(25-2)4-5-15(13)26-3;/h4-5,10,12,19H,6-9,11H2,1-3H3,(H,20,21,22,24);1H. The summed E-state index contributed by atoms with van der Waals surface area (Å²) in [5.41, 5.74) is 0.755. The summed E-state index contributed by atoms with van der Waals surface area (Å²) in [6.45, 7) is 1.94. The van der Waals surface area contributed by atoms with Crippen LogP contribution in [0.1, 0.15) is 30.1 Å². The Kier molecular flexibility index (Phi) is 7.44. The summed E-state index contributed by atoms with van der Waals surface area (Å²) >= 11 is 0. The van der Waals surface area contributed by atoms with Gasteiger partial charge in [0.25, 0.3) is 0 Å². The number of methoxy groups -OCH3 is 2. The fourth-order valence-corrected chi connectivity index (χ4v) is 3.13. The topological polar surface area (TPSA) is 90.3 Å². The Morgan fingerprint density at radius 3 is 2.70 bits per heavy atom. The Morgan fingerprint density at radius 1 is 1.30 bits per heavy atom. The van der Waals surface area contributed by atoms with Crippen molar-refractivity contribution in [3.05, 3.63) is 29.6 Å². The number of piperidine rings is 1. The highest BCUT2D eigenvalue weighted by Crippen LogP contribution is 2.25. The number of rotatable bonds is 6. The normalized spacial score (nSPS) is 14.3. The molecule has 8 nitrogen and oxygen atoms in total. The van der Waals surface area contributed by atoms with Crippen molar-refractivity contribution in [1.29, 1.82) is 0 Å². The highest BCUT2D eigenvalue weighted by atomic mass is 35.5. The van der Waals surface area contributed by atoms with Gasteiger partial charge in [-0.05, 0) is 44.1 Å². The first-order valence-electron chi connectivity index (χ1n) is 8.73. The lowest BCUT2D eigenvalue weighted by Crippen LogP contribution is -2.27. The molecule has 148 valence electrons. The number of aromatic nitrogens is 3. The molecule has 1 amide bonds. The SMILES string of the molecule is COc1ccc(OC)c(CC(=O)Nc2nc(C3CCNCC3)nn2C)c1.Cl. The van der Waals surface area contributed by atoms with Crippen LogP contribution in [-0.2, 0) is 18.3 Å². The number of amides is 1. The monoisotopic (exact) mass is 395 g/mol. The van der Waals surface area contributed by atoms with Gasteiger partial charge in [-0.2, -0.15) is 10.1 Å². The molecule has 0 bridgehead atoms. The van der Waals surface area contributed by atoms with Crippen molar-refractivity contribution in [3.8, 4) is 11.5 Å². The predicted molar refractivity (Wildman–Crippen MR) is 105 cm³/mol. The first-order chi connectivity index (χ1) is 12.6. The van der Waals surface area contributed by atoms with Gasteiger partial charge < -0.3 is 14.8 Å². The van der Waals surface area contributed by atoms with Gasteiger partial charge in [-0.3, -0.25) is 10.1 Å². The van der Waals surface area contributed by atoms with Gasteiger partial charge in [-0.15, -0.1) is 12.4 Å². The summed E-state index contributed by atoms with van der Waals surface area (Å²) in [6.07, 6.45) is 2.19. The highest BCUT2D eigenvalue weighted by Gasteiger charge is 2.21. The van der Waals surface area contributed by atoms with Gasteiger partial charge in [0.05, 0.1) is 20.6 Å². The molecule has 0 saturated carbocycles. The molecule has 1 saturated heterocycles. The average Bonchev–Trinajstić information content (AvgIpc) is 3.02. The van der Waals surface area contributed by atoms with E-state index in [0.717, 1.165) is 37.3 Å². The number of carbonyl (C=O) groups is 1. The minimum absolute atomic E-state index is 0. The number of anilines is 1. The van der Waals surface area contributed by atoms with Crippen LogP contribution in [0.15, 0.2) is 18.2 Å². The van der Waals surface area contributed by atoms with E-state index in [1.165, 1.54) is 0 Å². The highest BCUT2D eigenvalue weighted by molar-refractivity contribution is 5.91. The number of aryl methyl sites for hydroxylation is 1. The first kappa shape index (κ1) is 21.0. The van der Waals surface area contributed by atoms with Crippen LogP contribution >= 0.6 is 12.4 Å². The zero-order valence-electron chi connectivity index (χ0n) is 15.8. The van der Waals surface area contributed by atoms with Gasteiger partial charge in [-0.1, -0.05) is 0 Å². The van der Waals surface area contributed by atoms with E-state index in [0.29, 0.717) is 23.4 Å². The largest absolute Gasteiger partial charge is 0.497 e. The molecule has 1 fully saturated rings. The molecule has 1 aromatic heterocycles. The number of halogens is 1. The van der Waals surface area contributed by atoms with Gasteiger partial charge in [0.15, 0.2) is 5.82 Å². The lowest BCUT2D eigenvalue weighted by atomic mass is 9.98. The lowest BCUT2D eigenvalue weighted by molar-refractivity contribution is -0.115. The molecule has 2 N–H and O–H groups in total. The van der Waals surface area contributed by atoms with Gasteiger partial charge in [0, 0.05) is 18.5 Å². The summed E-state index contributed by atoms with van der Waals surface area (Å²) in [5.74, 6) is 2.75. The van der Waals surface area contributed by atoms with E-state index < -0.39 is 0 Å². The molecule has 0 unspecified atom stereocenters. The van der Waals surface area contributed by atoms with Crippen LogP contribution in [0.3, 0.4) is 0 Å². The third-order valence-electron chi connectivity index (χ3n) is 4.57. The first-order valence-corrected chi connectivity index (χ1v) is 8.73. The summed E-state index contributed by atoms with van der Waals surface area (Å²) in [7, 11) is 4.96. The molecule has 1 aliphatic heterocycles. The number of hydrogen-bond donors (Lipinski definition) is 2. The van der Waals surface area contributed by atoms with Gasteiger partial charge >= 0.3 is 0 Å². The molecule has 1 aromatic carbocycles. The third kappa shape index (κ3) is 5.11. The van der Waals surface area contributed by atoms with E-state index in [1.54, 1.807) is 44.1 Å². The zero-order chi connectivity index (χ0) is 18.5. The van der Waals surface area contributed by atoms with E-state index in [1.807, 2.05) is 0 Å². The summed E-state index contributed by atoms with van der Waals surface area (Å²) in [6, 6.07) is 5.39. The smallest absolute Gasteiger partial charge is 0.231 e. The molecule has 3 rings (SSSR count). The van der Waals surface area contributed by atoms with Crippen LogP contribution in [0.5, 0.6) is 11.5 Å². The molecular formula is C18H26ClN5O3. The van der Waals surface area contributed by atoms with Crippen molar-refractivity contribution in [2.45, 2.75) is 25.2 Å². The third-order valence-corrected chi connectivity index (χ3v) is 4.57. The predicted octanol–water partition coefficient (Wildman–Crippen LogP) is 1.90. The van der Waals surface area contributed by atoms with Crippen LogP contribution in [0, 0.1) is 0 Å². The molecule has 0 spiro atoms. The maximum atomic E-state index is 12.5. The lowest BCUT2D eigenvalue weighted by Gasteiger charge is -2.19. The van der Waals surface area contributed by atoms with Crippen molar-refractivity contribution in [1.82, 2.24) is 20.1 Å².